The maximum Gasteiger partial charge on any atom is 0.240 e. The lowest BCUT2D eigenvalue weighted by molar-refractivity contribution is 0.114. The fraction of sp³-hybridized carbons (Fsp3) is 0.409. The summed E-state index contributed by atoms with van der Waals surface area (Å²) in [6, 6.07) is 13.0. The molecule has 1 heterocycles. The number of hydrogen-bond donors (Lipinski definition) is 3. The van der Waals surface area contributed by atoms with Crippen molar-refractivity contribution in [3.63, 3.8) is 0 Å². The highest BCUT2D eigenvalue weighted by Crippen LogP contribution is 2.14. The number of ether oxygens (including phenoxy) is 1. The first-order valence-electron chi connectivity index (χ1n) is 10.4. The molecule has 0 saturated carbocycles. The van der Waals surface area contributed by atoms with Gasteiger partial charge in [-0.05, 0) is 55.2 Å². The summed E-state index contributed by atoms with van der Waals surface area (Å²) in [5.41, 5.74) is 1.83. The van der Waals surface area contributed by atoms with Crippen LogP contribution in [0.4, 0.5) is 4.39 Å². The number of guanidine groups is 1. The Bertz CT molecular complexity index is 964. The number of nitrogens with one attached hydrogen (secondary N) is 3. The predicted molar refractivity (Wildman–Crippen MR) is 134 cm³/mol. The highest BCUT2D eigenvalue weighted by molar-refractivity contribution is 14.0. The average molecular weight is 576 g/mol. The van der Waals surface area contributed by atoms with Crippen molar-refractivity contribution in [3.05, 3.63) is 65.5 Å². The zero-order valence-electron chi connectivity index (χ0n) is 18.0. The fourth-order valence-corrected chi connectivity index (χ4v) is 4.23. The Morgan fingerprint density at radius 2 is 1.78 bits per heavy atom. The SMILES string of the molecule is CCNC(=NCc1ccc(S(=O)(=O)NCC2CCCO2)cc1)NCc1ccc(F)cc1.I. The molecule has 0 bridgehead atoms. The summed E-state index contributed by atoms with van der Waals surface area (Å²) in [4.78, 5) is 4.76. The van der Waals surface area contributed by atoms with Crippen molar-refractivity contribution in [3.8, 4) is 0 Å². The van der Waals surface area contributed by atoms with E-state index in [0.29, 0.717) is 38.7 Å². The van der Waals surface area contributed by atoms with Crippen LogP contribution in [0, 0.1) is 5.82 Å². The third kappa shape index (κ3) is 8.30. The van der Waals surface area contributed by atoms with Crippen LogP contribution in [0.2, 0.25) is 0 Å². The zero-order valence-corrected chi connectivity index (χ0v) is 21.2. The molecule has 0 spiro atoms. The summed E-state index contributed by atoms with van der Waals surface area (Å²) in [5, 5.41) is 6.37. The van der Waals surface area contributed by atoms with Gasteiger partial charge < -0.3 is 15.4 Å². The van der Waals surface area contributed by atoms with Gasteiger partial charge >= 0.3 is 0 Å². The summed E-state index contributed by atoms with van der Waals surface area (Å²) in [5.74, 6) is 0.360. The number of hydrogen-bond acceptors (Lipinski definition) is 4. The number of nitrogens with zero attached hydrogens (tertiary/aromatic N) is 1. The molecule has 1 aliphatic rings. The Kier molecular flexibility index (Phi) is 10.8. The summed E-state index contributed by atoms with van der Waals surface area (Å²) in [7, 11) is -3.56. The van der Waals surface area contributed by atoms with Crippen LogP contribution < -0.4 is 15.4 Å². The van der Waals surface area contributed by atoms with Crippen LogP contribution in [-0.4, -0.2) is 40.2 Å². The van der Waals surface area contributed by atoms with Crippen molar-refractivity contribution in [2.75, 3.05) is 19.7 Å². The summed E-state index contributed by atoms with van der Waals surface area (Å²) in [6.45, 7) is 4.55. The maximum atomic E-state index is 13.0. The number of aliphatic imine (C=N–C) groups is 1. The van der Waals surface area contributed by atoms with Gasteiger partial charge in [0.2, 0.25) is 10.0 Å². The van der Waals surface area contributed by atoms with E-state index in [-0.39, 0.29) is 40.8 Å². The van der Waals surface area contributed by atoms with E-state index in [9.17, 15) is 12.8 Å². The molecule has 1 atom stereocenters. The van der Waals surface area contributed by atoms with Crippen LogP contribution in [0.1, 0.15) is 30.9 Å². The second-order valence-electron chi connectivity index (χ2n) is 7.31. The first-order chi connectivity index (χ1) is 15.0. The molecule has 1 saturated heterocycles. The topological polar surface area (TPSA) is 91.8 Å². The van der Waals surface area contributed by atoms with Crippen molar-refractivity contribution in [2.45, 2.75) is 43.9 Å². The monoisotopic (exact) mass is 576 g/mol. The van der Waals surface area contributed by atoms with Gasteiger partial charge in [-0.15, -0.1) is 24.0 Å². The first-order valence-corrected chi connectivity index (χ1v) is 11.9. The van der Waals surface area contributed by atoms with Crippen LogP contribution in [0.25, 0.3) is 0 Å². The number of rotatable bonds is 9. The number of sulfonamides is 1. The summed E-state index contributed by atoms with van der Waals surface area (Å²) < 4.78 is 46.0. The van der Waals surface area contributed by atoms with E-state index in [1.807, 2.05) is 6.92 Å². The van der Waals surface area contributed by atoms with Crippen LogP contribution in [0.3, 0.4) is 0 Å². The van der Waals surface area contributed by atoms with Crippen LogP contribution in [0.15, 0.2) is 58.4 Å². The lowest BCUT2D eigenvalue weighted by Gasteiger charge is -2.12. The van der Waals surface area contributed by atoms with E-state index in [2.05, 4.69) is 20.3 Å². The largest absolute Gasteiger partial charge is 0.377 e. The van der Waals surface area contributed by atoms with Crippen LogP contribution >= 0.6 is 24.0 Å². The van der Waals surface area contributed by atoms with Crippen molar-refractivity contribution < 1.29 is 17.5 Å². The second kappa shape index (κ2) is 13.1. The number of halogens is 2. The predicted octanol–water partition coefficient (Wildman–Crippen LogP) is 3.16. The molecule has 3 rings (SSSR count). The average Bonchev–Trinajstić information content (AvgIpc) is 3.30. The maximum absolute atomic E-state index is 13.0. The van der Waals surface area contributed by atoms with Crippen molar-refractivity contribution in [1.82, 2.24) is 15.4 Å². The van der Waals surface area contributed by atoms with Crippen LogP contribution in [-0.2, 0) is 27.8 Å². The summed E-state index contributed by atoms with van der Waals surface area (Å²) in [6.07, 6.45) is 1.80. The van der Waals surface area contributed by atoms with E-state index in [1.54, 1.807) is 36.4 Å². The van der Waals surface area contributed by atoms with Crippen LogP contribution in [0.5, 0.6) is 0 Å². The minimum atomic E-state index is -3.56. The molecule has 2 aromatic carbocycles. The Labute approximate surface area is 206 Å². The van der Waals surface area contributed by atoms with Crippen molar-refractivity contribution in [1.29, 1.82) is 0 Å². The van der Waals surface area contributed by atoms with Gasteiger partial charge in [0.25, 0.3) is 0 Å². The third-order valence-corrected chi connectivity index (χ3v) is 6.34. The fourth-order valence-electron chi connectivity index (χ4n) is 3.17. The second-order valence-corrected chi connectivity index (χ2v) is 9.07. The molecule has 0 radical (unpaired) electrons. The van der Waals surface area contributed by atoms with Gasteiger partial charge in [-0.1, -0.05) is 24.3 Å². The molecule has 10 heteroatoms. The van der Waals surface area contributed by atoms with Gasteiger partial charge in [0.15, 0.2) is 5.96 Å². The lowest BCUT2D eigenvalue weighted by atomic mass is 10.2. The minimum absolute atomic E-state index is 0. The Morgan fingerprint density at radius 3 is 2.41 bits per heavy atom. The normalized spacial score (nSPS) is 16.4. The molecule has 0 amide bonds. The van der Waals surface area contributed by atoms with E-state index in [4.69, 9.17) is 4.74 Å². The highest BCUT2D eigenvalue weighted by Gasteiger charge is 2.20. The van der Waals surface area contributed by atoms with Gasteiger partial charge in [-0.3, -0.25) is 0 Å². The molecular weight excluding hydrogens is 546 g/mol. The molecule has 0 aliphatic carbocycles. The molecule has 1 unspecified atom stereocenters. The van der Waals surface area contributed by atoms with Gasteiger partial charge in [0.1, 0.15) is 5.82 Å². The molecular formula is C22H30FIN4O3S. The van der Waals surface area contributed by atoms with Crippen molar-refractivity contribution >= 4 is 40.0 Å². The number of benzene rings is 2. The minimum Gasteiger partial charge on any atom is -0.377 e. The molecule has 3 N–H and O–H groups in total. The highest BCUT2D eigenvalue weighted by atomic mass is 127. The Hall–Kier alpha value is -1.76. The Morgan fingerprint density at radius 1 is 1.09 bits per heavy atom. The lowest BCUT2D eigenvalue weighted by Crippen LogP contribution is -2.36. The van der Waals surface area contributed by atoms with E-state index in [0.717, 1.165) is 24.0 Å². The van der Waals surface area contributed by atoms with E-state index >= 15 is 0 Å². The van der Waals surface area contributed by atoms with E-state index in [1.165, 1.54) is 12.1 Å². The molecule has 7 nitrogen and oxygen atoms in total. The van der Waals surface area contributed by atoms with Gasteiger partial charge in [0.05, 0.1) is 17.5 Å². The third-order valence-electron chi connectivity index (χ3n) is 4.90. The molecule has 176 valence electrons. The van der Waals surface area contributed by atoms with Gasteiger partial charge in [0, 0.05) is 26.2 Å². The van der Waals surface area contributed by atoms with E-state index < -0.39 is 10.0 Å². The summed E-state index contributed by atoms with van der Waals surface area (Å²) >= 11 is 0. The molecule has 1 fully saturated rings. The smallest absolute Gasteiger partial charge is 0.240 e. The molecule has 32 heavy (non-hydrogen) atoms. The van der Waals surface area contributed by atoms with Crippen molar-refractivity contribution in [2.24, 2.45) is 4.99 Å². The molecule has 2 aromatic rings. The standard InChI is InChI=1S/C22H29FN4O3S.HI/c1-2-24-22(25-14-17-5-9-19(23)10-6-17)26-15-18-7-11-21(12-8-18)31(28,29)27-16-20-4-3-13-30-20;/h5-12,20,27H,2-4,13-16H2,1H3,(H2,24,25,26);1H. The van der Waals surface area contributed by atoms with Gasteiger partial charge in [-0.25, -0.2) is 22.5 Å². The molecule has 0 aromatic heterocycles. The zero-order chi connectivity index (χ0) is 22.1. The molecule has 1 aliphatic heterocycles. The first kappa shape index (κ1) is 26.5. The van der Waals surface area contributed by atoms with Gasteiger partial charge in [-0.2, -0.15) is 0 Å². The quantitative estimate of drug-likeness (QED) is 0.243. The Balaban J connectivity index is 0.00000363.